The van der Waals surface area contributed by atoms with Gasteiger partial charge in [0.1, 0.15) is 11.4 Å². The number of carbonyl (C=O) groups is 1. The van der Waals surface area contributed by atoms with Crippen LogP contribution in [0.1, 0.15) is 27.4 Å². The number of hydrogen-bond donors (Lipinski definition) is 2. The van der Waals surface area contributed by atoms with Gasteiger partial charge < -0.3 is 10.1 Å². The van der Waals surface area contributed by atoms with Gasteiger partial charge in [-0.15, -0.1) is 0 Å². The Kier molecular flexibility index (Phi) is 5.84. The summed E-state index contributed by atoms with van der Waals surface area (Å²) in [4.78, 5) is 12.8. The molecule has 31 heavy (non-hydrogen) atoms. The molecule has 1 amide bonds. The molecule has 158 valence electrons. The average Bonchev–Trinajstić information content (AvgIpc) is 3.34. The summed E-state index contributed by atoms with van der Waals surface area (Å²) in [5, 5.41) is 14.5. The number of para-hydroxylation sites is 2. The number of aromatic nitrogens is 4. The number of rotatable bonds is 7. The van der Waals surface area contributed by atoms with Crippen LogP contribution in [0.4, 0.5) is 5.69 Å². The predicted molar refractivity (Wildman–Crippen MR) is 120 cm³/mol. The lowest BCUT2D eigenvalue weighted by atomic mass is 10.1. The van der Waals surface area contributed by atoms with Crippen LogP contribution in [0, 0.1) is 13.8 Å². The van der Waals surface area contributed by atoms with Crippen LogP contribution < -0.4 is 10.1 Å². The fourth-order valence-electron chi connectivity index (χ4n) is 3.52. The van der Waals surface area contributed by atoms with E-state index in [4.69, 9.17) is 4.74 Å². The summed E-state index contributed by atoms with van der Waals surface area (Å²) >= 11 is 0. The minimum Gasteiger partial charge on any atom is -0.491 e. The Hall–Kier alpha value is -3.87. The third kappa shape index (κ3) is 4.50. The molecule has 0 aliphatic heterocycles. The fourth-order valence-corrected chi connectivity index (χ4v) is 3.52. The Morgan fingerprint density at radius 3 is 2.58 bits per heavy atom. The highest BCUT2D eigenvalue weighted by molar-refractivity contribution is 6.04. The predicted octanol–water partition coefficient (Wildman–Crippen LogP) is 4.30. The molecule has 0 atom stereocenters. The molecule has 2 heterocycles. The lowest BCUT2D eigenvalue weighted by molar-refractivity contribution is 0.102. The Morgan fingerprint density at radius 2 is 1.84 bits per heavy atom. The maximum absolute atomic E-state index is 12.8. The van der Waals surface area contributed by atoms with Crippen LogP contribution in [0.3, 0.4) is 0 Å². The number of carbonyl (C=O) groups excluding carboxylic acids is 1. The second kappa shape index (κ2) is 8.87. The number of H-pyrrole nitrogens is 1. The summed E-state index contributed by atoms with van der Waals surface area (Å²) in [6, 6.07) is 19.3. The second-order valence-corrected chi connectivity index (χ2v) is 7.37. The summed E-state index contributed by atoms with van der Waals surface area (Å²) in [5.41, 5.74) is 5.68. The Labute approximate surface area is 181 Å². The standard InChI is InChI=1S/C24H25N5O2/c1-16-23(17(2)29(3)28-16)20-15-21(27-26-20)24(30)25-19-11-7-8-12-22(19)31-14-13-18-9-5-4-6-10-18/h4-12,15H,13-14H2,1-3H3,(H,25,30)(H,26,27). The van der Waals surface area contributed by atoms with Crippen LogP contribution in [-0.2, 0) is 13.5 Å². The Morgan fingerprint density at radius 1 is 1.10 bits per heavy atom. The zero-order valence-electron chi connectivity index (χ0n) is 17.8. The minimum absolute atomic E-state index is 0.281. The van der Waals surface area contributed by atoms with Gasteiger partial charge in [-0.25, -0.2) is 0 Å². The number of ether oxygens (including phenoxy) is 1. The van der Waals surface area contributed by atoms with E-state index in [1.165, 1.54) is 5.56 Å². The van der Waals surface area contributed by atoms with E-state index in [2.05, 4.69) is 32.7 Å². The topological polar surface area (TPSA) is 84.8 Å². The van der Waals surface area contributed by atoms with Gasteiger partial charge in [0.2, 0.25) is 0 Å². The average molecular weight is 415 g/mol. The van der Waals surface area contributed by atoms with Gasteiger partial charge in [-0.05, 0) is 37.6 Å². The molecule has 7 nitrogen and oxygen atoms in total. The number of nitrogens with one attached hydrogen (secondary N) is 2. The third-order valence-electron chi connectivity index (χ3n) is 5.21. The summed E-state index contributed by atoms with van der Waals surface area (Å²) in [7, 11) is 1.89. The van der Waals surface area contributed by atoms with Gasteiger partial charge in [-0.3, -0.25) is 14.6 Å². The first-order chi connectivity index (χ1) is 15.0. The van der Waals surface area contributed by atoms with Crippen molar-refractivity contribution in [3.05, 3.63) is 83.3 Å². The van der Waals surface area contributed by atoms with Crippen LogP contribution in [0.5, 0.6) is 5.75 Å². The normalized spacial score (nSPS) is 10.8. The van der Waals surface area contributed by atoms with E-state index in [0.717, 1.165) is 23.4 Å². The van der Waals surface area contributed by atoms with E-state index < -0.39 is 0 Å². The maximum Gasteiger partial charge on any atom is 0.273 e. The third-order valence-corrected chi connectivity index (χ3v) is 5.21. The molecule has 0 saturated carbocycles. The molecular formula is C24H25N5O2. The molecular weight excluding hydrogens is 390 g/mol. The van der Waals surface area contributed by atoms with Gasteiger partial charge in [0, 0.05) is 24.7 Å². The van der Waals surface area contributed by atoms with Crippen molar-refractivity contribution in [2.24, 2.45) is 7.05 Å². The first-order valence-corrected chi connectivity index (χ1v) is 10.2. The molecule has 7 heteroatoms. The quantitative estimate of drug-likeness (QED) is 0.471. The highest BCUT2D eigenvalue weighted by Crippen LogP contribution is 2.27. The van der Waals surface area contributed by atoms with Crippen molar-refractivity contribution in [2.45, 2.75) is 20.3 Å². The lowest BCUT2D eigenvalue weighted by Gasteiger charge is -2.12. The van der Waals surface area contributed by atoms with Crippen LogP contribution in [0.2, 0.25) is 0 Å². The highest BCUT2D eigenvalue weighted by Gasteiger charge is 2.18. The molecule has 0 radical (unpaired) electrons. The van der Waals surface area contributed by atoms with Gasteiger partial charge in [0.15, 0.2) is 0 Å². The van der Waals surface area contributed by atoms with E-state index >= 15 is 0 Å². The molecule has 0 unspecified atom stereocenters. The number of nitrogens with zero attached hydrogens (tertiary/aromatic N) is 3. The second-order valence-electron chi connectivity index (χ2n) is 7.37. The summed E-state index contributed by atoms with van der Waals surface area (Å²) < 4.78 is 7.74. The number of aryl methyl sites for hydroxylation is 2. The van der Waals surface area contributed by atoms with Crippen molar-refractivity contribution in [3.63, 3.8) is 0 Å². The molecule has 0 spiro atoms. The number of aromatic amines is 1. The molecule has 4 aromatic rings. The van der Waals surface area contributed by atoms with Gasteiger partial charge in [0.05, 0.1) is 23.7 Å². The molecule has 0 fully saturated rings. The minimum atomic E-state index is -0.281. The first kappa shape index (κ1) is 20.4. The van der Waals surface area contributed by atoms with Crippen molar-refractivity contribution in [3.8, 4) is 17.0 Å². The number of amides is 1. The summed E-state index contributed by atoms with van der Waals surface area (Å²) in [6.45, 7) is 4.43. The lowest BCUT2D eigenvalue weighted by Crippen LogP contribution is -2.13. The molecule has 0 aliphatic rings. The van der Waals surface area contributed by atoms with E-state index in [9.17, 15) is 4.79 Å². The molecule has 2 N–H and O–H groups in total. The van der Waals surface area contributed by atoms with Crippen molar-refractivity contribution >= 4 is 11.6 Å². The molecule has 0 bridgehead atoms. The summed E-state index contributed by atoms with van der Waals surface area (Å²) in [5.74, 6) is 0.350. The van der Waals surface area contributed by atoms with Gasteiger partial charge in [0.25, 0.3) is 5.91 Å². The van der Waals surface area contributed by atoms with E-state index in [1.54, 1.807) is 6.07 Å². The van der Waals surface area contributed by atoms with E-state index in [1.807, 2.05) is 68.0 Å². The van der Waals surface area contributed by atoms with Crippen LogP contribution in [0.15, 0.2) is 60.7 Å². The van der Waals surface area contributed by atoms with E-state index in [-0.39, 0.29) is 5.91 Å². The van der Waals surface area contributed by atoms with Crippen LogP contribution >= 0.6 is 0 Å². The number of anilines is 1. The zero-order chi connectivity index (χ0) is 21.8. The van der Waals surface area contributed by atoms with Gasteiger partial charge >= 0.3 is 0 Å². The molecule has 4 rings (SSSR count). The smallest absolute Gasteiger partial charge is 0.273 e. The molecule has 2 aromatic carbocycles. The Balaban J connectivity index is 1.45. The first-order valence-electron chi connectivity index (χ1n) is 10.2. The van der Waals surface area contributed by atoms with Crippen molar-refractivity contribution in [1.29, 1.82) is 0 Å². The molecule has 2 aromatic heterocycles. The molecule has 0 saturated heterocycles. The summed E-state index contributed by atoms with van der Waals surface area (Å²) in [6.07, 6.45) is 0.789. The monoisotopic (exact) mass is 415 g/mol. The van der Waals surface area contributed by atoms with E-state index in [0.29, 0.717) is 29.4 Å². The van der Waals surface area contributed by atoms with Crippen molar-refractivity contribution in [1.82, 2.24) is 20.0 Å². The van der Waals surface area contributed by atoms with Crippen molar-refractivity contribution < 1.29 is 9.53 Å². The SMILES string of the molecule is Cc1nn(C)c(C)c1-c1cc(C(=O)Nc2ccccc2OCCc2ccccc2)[nH]n1. The molecule has 0 aliphatic carbocycles. The Bertz CT molecular complexity index is 1190. The van der Waals surface area contributed by atoms with Crippen molar-refractivity contribution in [2.75, 3.05) is 11.9 Å². The largest absolute Gasteiger partial charge is 0.491 e. The zero-order valence-corrected chi connectivity index (χ0v) is 17.8. The number of benzene rings is 2. The van der Waals surface area contributed by atoms with Gasteiger partial charge in [-0.1, -0.05) is 42.5 Å². The fraction of sp³-hybridized carbons (Fsp3) is 0.208. The maximum atomic E-state index is 12.8. The van der Waals surface area contributed by atoms with Crippen LogP contribution in [-0.4, -0.2) is 32.5 Å². The van der Waals surface area contributed by atoms with Crippen LogP contribution in [0.25, 0.3) is 11.3 Å². The van der Waals surface area contributed by atoms with Gasteiger partial charge in [-0.2, -0.15) is 10.2 Å². The number of hydrogen-bond acceptors (Lipinski definition) is 4. The highest BCUT2D eigenvalue weighted by atomic mass is 16.5.